The van der Waals surface area contributed by atoms with E-state index in [4.69, 9.17) is 4.74 Å². The minimum atomic E-state index is -0.516. The number of rotatable bonds is 4. The van der Waals surface area contributed by atoms with Crippen LogP contribution in [0.15, 0.2) is 42.5 Å². The van der Waals surface area contributed by atoms with Crippen molar-refractivity contribution in [2.45, 2.75) is 13.3 Å². The summed E-state index contributed by atoms with van der Waals surface area (Å²) < 4.78 is 18.4. The molecule has 0 saturated heterocycles. The van der Waals surface area contributed by atoms with Crippen molar-refractivity contribution in [3.8, 4) is 5.75 Å². The van der Waals surface area contributed by atoms with E-state index in [2.05, 4.69) is 0 Å². The molecule has 0 heterocycles. The van der Waals surface area contributed by atoms with E-state index < -0.39 is 5.82 Å². The summed E-state index contributed by atoms with van der Waals surface area (Å²) in [5.41, 5.74) is 2.40. The molecule has 3 heteroatoms. The van der Waals surface area contributed by atoms with Gasteiger partial charge in [0.25, 0.3) is 0 Å². The van der Waals surface area contributed by atoms with E-state index in [0.29, 0.717) is 5.56 Å². The molecule has 0 aliphatic carbocycles. The van der Waals surface area contributed by atoms with Gasteiger partial charge in [-0.25, -0.2) is 4.39 Å². The van der Waals surface area contributed by atoms with Crippen molar-refractivity contribution in [2.24, 2.45) is 0 Å². The molecule has 0 spiro atoms. The van der Waals surface area contributed by atoms with Gasteiger partial charge in [-0.3, -0.25) is 4.79 Å². The topological polar surface area (TPSA) is 26.3 Å². The molecule has 0 aliphatic heterocycles. The largest absolute Gasteiger partial charge is 0.494 e. The molecule has 0 unspecified atom stereocenters. The lowest BCUT2D eigenvalue weighted by molar-refractivity contribution is 0.0992. The zero-order valence-corrected chi connectivity index (χ0v) is 10.9. The lowest BCUT2D eigenvalue weighted by Crippen LogP contribution is -2.04. The van der Waals surface area contributed by atoms with Crippen molar-refractivity contribution < 1.29 is 13.9 Å². The van der Waals surface area contributed by atoms with Gasteiger partial charge in [-0.2, -0.15) is 0 Å². The van der Waals surface area contributed by atoms with Crippen LogP contribution in [0.25, 0.3) is 0 Å². The minimum absolute atomic E-state index is 0.104. The van der Waals surface area contributed by atoms with Gasteiger partial charge in [-0.05, 0) is 30.7 Å². The summed E-state index contributed by atoms with van der Waals surface area (Å²) in [5.74, 6) is -0.475. The molecule has 19 heavy (non-hydrogen) atoms. The molecule has 0 saturated carbocycles. The Morgan fingerprint density at radius 1 is 1.21 bits per heavy atom. The number of carbonyl (C=O) groups excluding carboxylic acids is 1. The van der Waals surface area contributed by atoms with Crippen LogP contribution in [0.3, 0.4) is 0 Å². The molecule has 98 valence electrons. The molecule has 2 aromatic rings. The summed E-state index contributed by atoms with van der Waals surface area (Å²) in [7, 11) is 1.40. The van der Waals surface area contributed by atoms with Crippen molar-refractivity contribution in [3.05, 3.63) is 65.0 Å². The van der Waals surface area contributed by atoms with Crippen molar-refractivity contribution in [1.82, 2.24) is 0 Å². The first-order chi connectivity index (χ1) is 9.10. The van der Waals surface area contributed by atoms with Crippen molar-refractivity contribution in [3.63, 3.8) is 0 Å². The first-order valence-corrected chi connectivity index (χ1v) is 6.02. The fourth-order valence-electron chi connectivity index (χ4n) is 1.95. The Hall–Kier alpha value is -2.16. The second-order valence-electron chi connectivity index (χ2n) is 4.44. The van der Waals surface area contributed by atoms with Gasteiger partial charge in [-0.15, -0.1) is 0 Å². The van der Waals surface area contributed by atoms with Gasteiger partial charge < -0.3 is 4.74 Å². The number of methoxy groups -OCH3 is 1. The maximum Gasteiger partial charge on any atom is 0.167 e. The SMILES string of the molecule is COc1ccc(C(=O)Cc2cccc(C)c2)cc1F. The fourth-order valence-corrected chi connectivity index (χ4v) is 1.95. The first kappa shape index (κ1) is 13.3. The number of Topliss-reactive ketones (excluding diaryl/α,β-unsaturated/α-hetero) is 1. The van der Waals surface area contributed by atoms with Crippen molar-refractivity contribution in [2.75, 3.05) is 7.11 Å². The zero-order valence-electron chi connectivity index (χ0n) is 10.9. The van der Waals surface area contributed by atoms with Gasteiger partial charge in [-0.1, -0.05) is 29.8 Å². The third-order valence-corrected chi connectivity index (χ3v) is 2.92. The van der Waals surface area contributed by atoms with Gasteiger partial charge in [0.15, 0.2) is 17.3 Å². The molecule has 0 bridgehead atoms. The number of hydrogen-bond donors (Lipinski definition) is 0. The molecule has 2 aromatic carbocycles. The van der Waals surface area contributed by atoms with Gasteiger partial charge in [0.05, 0.1) is 7.11 Å². The molecular weight excluding hydrogens is 243 g/mol. The highest BCUT2D eigenvalue weighted by Crippen LogP contribution is 2.19. The van der Waals surface area contributed by atoms with Crippen molar-refractivity contribution >= 4 is 5.78 Å². The molecular formula is C16H15FO2. The standard InChI is InChI=1S/C16H15FO2/c1-11-4-3-5-12(8-11)9-15(18)13-6-7-16(19-2)14(17)10-13/h3-8,10H,9H2,1-2H3. The summed E-state index contributed by atoms with van der Waals surface area (Å²) in [6.45, 7) is 1.97. The summed E-state index contributed by atoms with van der Waals surface area (Å²) >= 11 is 0. The molecule has 0 aliphatic rings. The summed E-state index contributed by atoms with van der Waals surface area (Å²) in [6.07, 6.45) is 0.271. The van der Waals surface area contributed by atoms with E-state index in [0.717, 1.165) is 11.1 Å². The molecule has 0 N–H and O–H groups in total. The predicted octanol–water partition coefficient (Wildman–Crippen LogP) is 3.57. The Morgan fingerprint density at radius 2 is 2.00 bits per heavy atom. The van der Waals surface area contributed by atoms with Crippen LogP contribution in [-0.2, 0) is 6.42 Å². The zero-order chi connectivity index (χ0) is 13.8. The summed E-state index contributed by atoms with van der Waals surface area (Å²) in [4.78, 5) is 12.1. The average molecular weight is 258 g/mol. The minimum Gasteiger partial charge on any atom is -0.494 e. The number of carbonyl (C=O) groups is 1. The monoisotopic (exact) mass is 258 g/mol. The molecule has 2 rings (SSSR count). The summed E-state index contributed by atoms with van der Waals surface area (Å²) in [6, 6.07) is 12.0. The van der Waals surface area contributed by atoms with Crippen LogP contribution in [0, 0.1) is 12.7 Å². The van der Waals surface area contributed by atoms with E-state index in [1.54, 1.807) is 6.07 Å². The Balaban J connectivity index is 2.18. The normalized spacial score (nSPS) is 10.3. The molecule has 2 nitrogen and oxygen atoms in total. The fraction of sp³-hybridized carbons (Fsp3) is 0.188. The number of halogens is 1. The highest BCUT2D eigenvalue weighted by atomic mass is 19.1. The van der Waals surface area contributed by atoms with Crippen LogP contribution >= 0.6 is 0 Å². The van der Waals surface area contributed by atoms with Crippen molar-refractivity contribution in [1.29, 1.82) is 0 Å². The quantitative estimate of drug-likeness (QED) is 0.784. The maximum atomic E-state index is 13.5. The maximum absolute atomic E-state index is 13.5. The number of benzene rings is 2. The number of ketones is 1. The Morgan fingerprint density at radius 3 is 2.63 bits per heavy atom. The Bertz CT molecular complexity index is 605. The predicted molar refractivity (Wildman–Crippen MR) is 72.2 cm³/mol. The van der Waals surface area contributed by atoms with E-state index in [-0.39, 0.29) is 18.0 Å². The molecule has 0 radical (unpaired) electrons. The van der Waals surface area contributed by atoms with Gasteiger partial charge in [0.1, 0.15) is 0 Å². The molecule has 0 fully saturated rings. The van der Waals surface area contributed by atoms with Crippen LogP contribution in [0.1, 0.15) is 21.5 Å². The second-order valence-corrected chi connectivity index (χ2v) is 4.44. The molecule has 0 aromatic heterocycles. The van der Waals surface area contributed by atoms with E-state index >= 15 is 0 Å². The van der Waals surface area contributed by atoms with Gasteiger partial charge >= 0.3 is 0 Å². The summed E-state index contributed by atoms with van der Waals surface area (Å²) in [5, 5.41) is 0. The van der Waals surface area contributed by atoms with Crippen LogP contribution in [0.2, 0.25) is 0 Å². The number of ether oxygens (including phenoxy) is 1. The lowest BCUT2D eigenvalue weighted by Gasteiger charge is -2.05. The second kappa shape index (κ2) is 5.65. The third-order valence-electron chi connectivity index (χ3n) is 2.92. The highest BCUT2D eigenvalue weighted by Gasteiger charge is 2.10. The average Bonchev–Trinajstić information content (AvgIpc) is 2.38. The Kier molecular flexibility index (Phi) is 3.95. The van der Waals surface area contributed by atoms with Crippen LogP contribution in [-0.4, -0.2) is 12.9 Å². The van der Waals surface area contributed by atoms with E-state index in [1.165, 1.54) is 19.2 Å². The van der Waals surface area contributed by atoms with Crippen LogP contribution < -0.4 is 4.74 Å². The molecule has 0 amide bonds. The Labute approximate surface area is 111 Å². The number of aryl methyl sites for hydroxylation is 1. The highest BCUT2D eigenvalue weighted by molar-refractivity contribution is 5.97. The lowest BCUT2D eigenvalue weighted by atomic mass is 10.0. The van der Waals surface area contributed by atoms with Crippen LogP contribution in [0.5, 0.6) is 5.75 Å². The first-order valence-electron chi connectivity index (χ1n) is 6.02. The smallest absolute Gasteiger partial charge is 0.167 e. The van der Waals surface area contributed by atoms with E-state index in [1.807, 2.05) is 31.2 Å². The van der Waals surface area contributed by atoms with E-state index in [9.17, 15) is 9.18 Å². The van der Waals surface area contributed by atoms with Crippen LogP contribution in [0.4, 0.5) is 4.39 Å². The molecule has 0 atom stereocenters. The van der Waals surface area contributed by atoms with Gasteiger partial charge in [0, 0.05) is 12.0 Å². The van der Waals surface area contributed by atoms with Gasteiger partial charge in [0.2, 0.25) is 0 Å². The third kappa shape index (κ3) is 3.19. The number of hydrogen-bond acceptors (Lipinski definition) is 2.